The van der Waals surface area contributed by atoms with Crippen LogP contribution in [-0.2, 0) is 0 Å². The van der Waals surface area contributed by atoms with E-state index in [1.54, 1.807) is 12.1 Å². The van der Waals surface area contributed by atoms with Crippen LogP contribution in [0.15, 0.2) is 42.5 Å². The molecular weight excluding hydrogens is 253 g/mol. The van der Waals surface area contributed by atoms with E-state index < -0.39 is 11.7 Å². The van der Waals surface area contributed by atoms with E-state index in [1.807, 2.05) is 19.1 Å². The number of rotatable bonds is 2. The molecule has 0 fully saturated rings. The number of carbonyl (C=O) groups is 1. The summed E-state index contributed by atoms with van der Waals surface area (Å²) in [6.45, 7) is 1.95. The predicted octanol–water partition coefficient (Wildman–Crippen LogP) is 4.04. The lowest BCUT2D eigenvalue weighted by Crippen LogP contribution is -2.13. The number of hydrogen-bond donors (Lipinski definition) is 1. The summed E-state index contributed by atoms with van der Waals surface area (Å²) in [6.07, 6.45) is 0. The van der Waals surface area contributed by atoms with Crippen molar-refractivity contribution in [3.63, 3.8) is 0 Å². The lowest BCUT2D eigenvalue weighted by atomic mass is 10.2. The molecule has 1 amide bonds. The fourth-order valence-corrected chi connectivity index (χ4v) is 1.68. The van der Waals surface area contributed by atoms with Crippen LogP contribution in [0.2, 0.25) is 5.02 Å². The normalized spacial score (nSPS) is 10.2. The third kappa shape index (κ3) is 2.87. The highest BCUT2D eigenvalue weighted by Gasteiger charge is 2.12. The van der Waals surface area contributed by atoms with Crippen LogP contribution in [0.1, 0.15) is 15.9 Å². The molecule has 1 N–H and O–H groups in total. The lowest BCUT2D eigenvalue weighted by Gasteiger charge is -2.06. The highest BCUT2D eigenvalue weighted by molar-refractivity contribution is 6.31. The fourth-order valence-electron chi connectivity index (χ4n) is 1.51. The van der Waals surface area contributed by atoms with E-state index in [-0.39, 0.29) is 5.56 Å². The van der Waals surface area contributed by atoms with Gasteiger partial charge >= 0.3 is 0 Å². The number of carbonyl (C=O) groups excluding carboxylic acids is 1. The van der Waals surface area contributed by atoms with E-state index in [0.717, 1.165) is 5.56 Å². The maximum atomic E-state index is 13.5. The van der Waals surface area contributed by atoms with Crippen molar-refractivity contribution in [2.24, 2.45) is 0 Å². The van der Waals surface area contributed by atoms with Crippen LogP contribution in [0, 0.1) is 12.7 Å². The lowest BCUT2D eigenvalue weighted by molar-refractivity contribution is 0.102. The minimum absolute atomic E-state index is 0.0666. The summed E-state index contributed by atoms with van der Waals surface area (Å²) in [4.78, 5) is 11.9. The zero-order chi connectivity index (χ0) is 13.1. The number of nitrogens with one attached hydrogen (secondary N) is 1. The van der Waals surface area contributed by atoms with Crippen molar-refractivity contribution in [3.05, 3.63) is 64.4 Å². The largest absolute Gasteiger partial charge is 0.322 e. The monoisotopic (exact) mass is 263 g/mol. The second kappa shape index (κ2) is 5.19. The van der Waals surface area contributed by atoms with Gasteiger partial charge in [-0.1, -0.05) is 29.3 Å². The van der Waals surface area contributed by atoms with Gasteiger partial charge in [-0.3, -0.25) is 4.79 Å². The van der Waals surface area contributed by atoms with E-state index in [2.05, 4.69) is 5.32 Å². The quantitative estimate of drug-likeness (QED) is 0.870. The van der Waals surface area contributed by atoms with E-state index >= 15 is 0 Å². The third-order valence-electron chi connectivity index (χ3n) is 2.48. The van der Waals surface area contributed by atoms with Gasteiger partial charge in [0.15, 0.2) is 0 Å². The molecule has 0 heterocycles. The molecule has 2 nitrogen and oxygen atoms in total. The first kappa shape index (κ1) is 12.6. The number of hydrogen-bond acceptors (Lipinski definition) is 1. The molecule has 18 heavy (non-hydrogen) atoms. The molecule has 0 atom stereocenters. The molecule has 0 saturated carbocycles. The van der Waals surface area contributed by atoms with Crippen molar-refractivity contribution < 1.29 is 9.18 Å². The molecule has 92 valence electrons. The van der Waals surface area contributed by atoms with Crippen LogP contribution in [0.5, 0.6) is 0 Å². The molecule has 0 aromatic heterocycles. The molecule has 0 aliphatic carbocycles. The number of halogens is 2. The minimum Gasteiger partial charge on any atom is -0.322 e. The van der Waals surface area contributed by atoms with Gasteiger partial charge in [-0.2, -0.15) is 0 Å². The molecule has 2 aromatic rings. The summed E-state index contributed by atoms with van der Waals surface area (Å²) < 4.78 is 13.5. The number of anilines is 1. The van der Waals surface area contributed by atoms with E-state index in [9.17, 15) is 9.18 Å². The van der Waals surface area contributed by atoms with Gasteiger partial charge in [-0.15, -0.1) is 0 Å². The van der Waals surface area contributed by atoms with Gasteiger partial charge in [0, 0.05) is 10.7 Å². The molecule has 0 aliphatic heterocycles. The van der Waals surface area contributed by atoms with Crippen LogP contribution in [0.25, 0.3) is 0 Å². The highest BCUT2D eigenvalue weighted by Crippen LogP contribution is 2.17. The Morgan fingerprint density at radius 1 is 1.17 bits per heavy atom. The Kier molecular flexibility index (Phi) is 3.63. The summed E-state index contributed by atoms with van der Waals surface area (Å²) >= 11 is 5.74. The minimum atomic E-state index is -0.594. The van der Waals surface area contributed by atoms with Crippen LogP contribution < -0.4 is 5.32 Å². The Hall–Kier alpha value is -1.87. The Morgan fingerprint density at radius 2 is 1.83 bits per heavy atom. The van der Waals surface area contributed by atoms with Crippen molar-refractivity contribution in [1.82, 2.24) is 0 Å². The molecule has 0 aliphatic rings. The summed E-state index contributed by atoms with van der Waals surface area (Å²) in [6, 6.07) is 11.1. The Balaban J connectivity index is 2.21. The van der Waals surface area contributed by atoms with Crippen LogP contribution in [0.3, 0.4) is 0 Å². The van der Waals surface area contributed by atoms with Crippen LogP contribution in [-0.4, -0.2) is 5.91 Å². The summed E-state index contributed by atoms with van der Waals surface area (Å²) in [7, 11) is 0. The van der Waals surface area contributed by atoms with Crippen molar-refractivity contribution in [1.29, 1.82) is 0 Å². The van der Waals surface area contributed by atoms with Crippen molar-refractivity contribution in [2.75, 3.05) is 5.32 Å². The van der Waals surface area contributed by atoms with E-state index in [1.165, 1.54) is 18.2 Å². The molecule has 2 rings (SSSR count). The molecule has 4 heteroatoms. The van der Waals surface area contributed by atoms with E-state index in [4.69, 9.17) is 11.6 Å². The first-order valence-electron chi connectivity index (χ1n) is 5.39. The smallest absolute Gasteiger partial charge is 0.258 e. The van der Waals surface area contributed by atoms with Crippen LogP contribution >= 0.6 is 11.6 Å². The zero-order valence-electron chi connectivity index (χ0n) is 9.71. The fraction of sp³-hybridized carbons (Fsp3) is 0.0714. The Labute approximate surface area is 109 Å². The third-order valence-corrected chi connectivity index (χ3v) is 2.72. The first-order chi connectivity index (χ1) is 8.56. The molecule has 0 radical (unpaired) electrons. The summed E-state index contributed by atoms with van der Waals surface area (Å²) in [5, 5.41) is 2.94. The van der Waals surface area contributed by atoms with Gasteiger partial charge in [0.2, 0.25) is 0 Å². The van der Waals surface area contributed by atoms with Crippen molar-refractivity contribution in [2.45, 2.75) is 6.92 Å². The van der Waals surface area contributed by atoms with Gasteiger partial charge in [-0.25, -0.2) is 4.39 Å². The molecular formula is C14H11ClFNO. The molecule has 0 bridgehead atoms. The highest BCUT2D eigenvalue weighted by atomic mass is 35.5. The number of benzene rings is 2. The molecule has 2 aromatic carbocycles. The van der Waals surface area contributed by atoms with E-state index in [0.29, 0.717) is 10.7 Å². The molecule has 0 spiro atoms. The Morgan fingerprint density at radius 3 is 2.50 bits per heavy atom. The number of aryl methyl sites for hydroxylation is 1. The maximum Gasteiger partial charge on any atom is 0.258 e. The second-order valence-electron chi connectivity index (χ2n) is 3.94. The van der Waals surface area contributed by atoms with Gasteiger partial charge in [0.25, 0.3) is 5.91 Å². The summed E-state index contributed by atoms with van der Waals surface area (Å²) in [5.74, 6) is -1.11. The van der Waals surface area contributed by atoms with Gasteiger partial charge in [0.05, 0.1) is 5.56 Å². The number of amides is 1. The van der Waals surface area contributed by atoms with Gasteiger partial charge in [-0.05, 0) is 37.3 Å². The first-order valence-corrected chi connectivity index (χ1v) is 5.77. The predicted molar refractivity (Wildman–Crippen MR) is 70.5 cm³/mol. The van der Waals surface area contributed by atoms with Crippen molar-refractivity contribution >= 4 is 23.2 Å². The average molecular weight is 264 g/mol. The van der Waals surface area contributed by atoms with Crippen molar-refractivity contribution in [3.8, 4) is 0 Å². The maximum absolute atomic E-state index is 13.5. The second-order valence-corrected chi connectivity index (χ2v) is 4.38. The average Bonchev–Trinajstić information content (AvgIpc) is 2.35. The van der Waals surface area contributed by atoms with Gasteiger partial charge < -0.3 is 5.32 Å². The SMILES string of the molecule is Cc1ccc(NC(=O)c2cc(Cl)ccc2F)cc1. The topological polar surface area (TPSA) is 29.1 Å². The van der Waals surface area contributed by atoms with Gasteiger partial charge in [0.1, 0.15) is 5.82 Å². The molecule has 0 unspecified atom stereocenters. The standard InChI is InChI=1S/C14H11ClFNO/c1-9-2-5-11(6-3-9)17-14(18)12-8-10(15)4-7-13(12)16/h2-8H,1H3,(H,17,18). The van der Waals surface area contributed by atoms with Crippen LogP contribution in [0.4, 0.5) is 10.1 Å². The Bertz CT molecular complexity index is 581. The zero-order valence-corrected chi connectivity index (χ0v) is 10.5. The summed E-state index contributed by atoms with van der Waals surface area (Å²) in [5.41, 5.74) is 1.63. The molecule has 0 saturated heterocycles.